The summed E-state index contributed by atoms with van der Waals surface area (Å²) in [4.78, 5) is 36.1. The molecule has 0 fully saturated rings. The van der Waals surface area contributed by atoms with E-state index in [1.807, 2.05) is 0 Å². The van der Waals surface area contributed by atoms with Gasteiger partial charge in [-0.2, -0.15) is 5.10 Å². The molecule has 3 amide bonds. The molecule has 0 saturated carbocycles. The number of hydrogen-bond donors (Lipinski definition) is 2. The Hall–Kier alpha value is -3.55. The zero-order valence-electron chi connectivity index (χ0n) is 15.2. The van der Waals surface area contributed by atoms with Crippen LogP contribution in [0.5, 0.6) is 0 Å². The molecular formula is C20H19FN4O3. The second-order valence-electron chi connectivity index (χ2n) is 6.24. The van der Waals surface area contributed by atoms with Crippen LogP contribution in [0, 0.1) is 5.82 Å². The fraction of sp³-hybridized carbons (Fsp3) is 0.200. The third kappa shape index (κ3) is 4.59. The van der Waals surface area contributed by atoms with Gasteiger partial charge in [-0.15, -0.1) is 0 Å². The van der Waals surface area contributed by atoms with Crippen molar-refractivity contribution in [3.05, 3.63) is 65.5 Å². The van der Waals surface area contributed by atoms with E-state index in [1.54, 1.807) is 36.4 Å². The fourth-order valence-electron chi connectivity index (χ4n) is 2.70. The number of nitrogens with one attached hydrogen (secondary N) is 2. The molecule has 2 aromatic carbocycles. The largest absolute Gasteiger partial charge is 0.355 e. The Morgan fingerprint density at radius 2 is 1.71 bits per heavy atom. The van der Waals surface area contributed by atoms with Crippen LogP contribution in [-0.4, -0.2) is 35.5 Å². The van der Waals surface area contributed by atoms with Crippen LogP contribution in [0.25, 0.3) is 0 Å². The monoisotopic (exact) mass is 382 g/mol. The molecule has 0 saturated heterocycles. The number of nitrogens with zero attached hydrogens (tertiary/aromatic N) is 2. The average molecular weight is 382 g/mol. The van der Waals surface area contributed by atoms with Crippen LogP contribution in [0.15, 0.2) is 53.6 Å². The van der Waals surface area contributed by atoms with Crippen LogP contribution in [0.4, 0.5) is 10.1 Å². The molecule has 0 aliphatic carbocycles. The number of anilines is 1. The van der Waals surface area contributed by atoms with Crippen molar-refractivity contribution < 1.29 is 18.8 Å². The van der Waals surface area contributed by atoms with E-state index in [2.05, 4.69) is 15.7 Å². The summed E-state index contributed by atoms with van der Waals surface area (Å²) in [6.45, 7) is 0.163. The molecular weight excluding hydrogens is 363 g/mol. The Balaban J connectivity index is 1.69. The topological polar surface area (TPSA) is 90.9 Å². The summed E-state index contributed by atoms with van der Waals surface area (Å²) in [5, 5.41) is 10.6. The standard InChI is InChI=1S/C20H19FN4O3/c1-22-19(27)14-4-8-16(9-5-14)23-20(28)17-10-11-18(26)25(24-17)12-13-2-6-15(21)7-3-13/h2-9H,10-12H2,1H3,(H,22,27)(H,23,28). The second-order valence-corrected chi connectivity index (χ2v) is 6.24. The predicted octanol–water partition coefficient (Wildman–Crippen LogP) is 2.30. The van der Waals surface area contributed by atoms with Gasteiger partial charge in [0.2, 0.25) is 5.91 Å². The van der Waals surface area contributed by atoms with E-state index in [0.29, 0.717) is 16.8 Å². The highest BCUT2D eigenvalue weighted by Crippen LogP contribution is 2.16. The molecule has 0 bridgehead atoms. The number of halogens is 1. The van der Waals surface area contributed by atoms with Crippen LogP contribution >= 0.6 is 0 Å². The molecule has 8 heteroatoms. The van der Waals surface area contributed by atoms with Crippen LogP contribution in [0.1, 0.15) is 28.8 Å². The number of hydrazone groups is 1. The maximum absolute atomic E-state index is 13.0. The van der Waals surface area contributed by atoms with Crippen LogP contribution in [-0.2, 0) is 16.1 Å². The van der Waals surface area contributed by atoms with Crippen molar-refractivity contribution >= 4 is 29.1 Å². The van der Waals surface area contributed by atoms with Gasteiger partial charge in [0.15, 0.2) is 0 Å². The molecule has 28 heavy (non-hydrogen) atoms. The lowest BCUT2D eigenvalue weighted by molar-refractivity contribution is -0.132. The first-order valence-electron chi connectivity index (χ1n) is 8.72. The van der Waals surface area contributed by atoms with E-state index < -0.39 is 5.91 Å². The van der Waals surface area contributed by atoms with Crippen molar-refractivity contribution in [1.82, 2.24) is 10.3 Å². The van der Waals surface area contributed by atoms with Gasteiger partial charge in [-0.3, -0.25) is 14.4 Å². The van der Waals surface area contributed by atoms with Crippen molar-refractivity contribution in [2.45, 2.75) is 19.4 Å². The number of carbonyl (C=O) groups is 3. The molecule has 144 valence electrons. The molecule has 0 radical (unpaired) electrons. The van der Waals surface area contributed by atoms with E-state index in [1.165, 1.54) is 24.2 Å². The molecule has 1 aliphatic rings. The summed E-state index contributed by atoms with van der Waals surface area (Å²) in [6.07, 6.45) is 0.407. The van der Waals surface area contributed by atoms with Crippen LogP contribution < -0.4 is 10.6 Å². The first-order valence-corrected chi connectivity index (χ1v) is 8.72. The van der Waals surface area contributed by atoms with Gasteiger partial charge < -0.3 is 10.6 Å². The molecule has 0 spiro atoms. The molecule has 0 aromatic heterocycles. The maximum Gasteiger partial charge on any atom is 0.271 e. The SMILES string of the molecule is CNC(=O)c1ccc(NC(=O)C2=NN(Cc3ccc(F)cc3)C(=O)CC2)cc1. The Morgan fingerprint density at radius 3 is 2.36 bits per heavy atom. The normalized spacial score (nSPS) is 13.7. The van der Waals surface area contributed by atoms with Crippen LogP contribution in [0.3, 0.4) is 0 Å². The maximum atomic E-state index is 13.0. The van der Waals surface area contributed by atoms with Crippen molar-refractivity contribution in [2.24, 2.45) is 5.10 Å². The minimum absolute atomic E-state index is 0.163. The number of rotatable bonds is 5. The first kappa shape index (κ1) is 19.2. The van der Waals surface area contributed by atoms with Gasteiger partial charge in [0.25, 0.3) is 11.8 Å². The highest BCUT2D eigenvalue weighted by Gasteiger charge is 2.24. The minimum atomic E-state index is -0.413. The zero-order chi connectivity index (χ0) is 20.1. The summed E-state index contributed by atoms with van der Waals surface area (Å²) in [5.41, 5.74) is 1.94. The molecule has 2 N–H and O–H groups in total. The van der Waals surface area contributed by atoms with Crippen molar-refractivity contribution in [3.8, 4) is 0 Å². The first-order chi connectivity index (χ1) is 13.5. The Labute approximate surface area is 161 Å². The highest BCUT2D eigenvalue weighted by molar-refractivity contribution is 6.43. The lowest BCUT2D eigenvalue weighted by atomic mass is 10.1. The third-order valence-electron chi connectivity index (χ3n) is 4.24. The second kappa shape index (κ2) is 8.43. The van der Waals surface area contributed by atoms with Gasteiger partial charge >= 0.3 is 0 Å². The number of amides is 3. The van der Waals surface area contributed by atoms with E-state index in [9.17, 15) is 18.8 Å². The summed E-state index contributed by atoms with van der Waals surface area (Å²) < 4.78 is 13.0. The van der Waals surface area contributed by atoms with E-state index in [-0.39, 0.29) is 42.7 Å². The van der Waals surface area contributed by atoms with Crippen molar-refractivity contribution in [1.29, 1.82) is 0 Å². The number of hydrogen-bond acceptors (Lipinski definition) is 4. The van der Waals surface area contributed by atoms with Crippen LogP contribution in [0.2, 0.25) is 0 Å². The summed E-state index contributed by atoms with van der Waals surface area (Å²) in [7, 11) is 1.54. The molecule has 2 aromatic rings. The Kier molecular flexibility index (Phi) is 5.78. The third-order valence-corrected chi connectivity index (χ3v) is 4.24. The smallest absolute Gasteiger partial charge is 0.271 e. The van der Waals surface area contributed by atoms with Gasteiger partial charge in [-0.1, -0.05) is 12.1 Å². The molecule has 3 rings (SSSR count). The number of carbonyl (C=O) groups excluding carboxylic acids is 3. The molecule has 0 atom stereocenters. The summed E-state index contributed by atoms with van der Waals surface area (Å²) in [6, 6.07) is 12.2. The van der Waals surface area contributed by atoms with E-state index in [0.717, 1.165) is 0 Å². The van der Waals surface area contributed by atoms with Gasteiger partial charge in [0, 0.05) is 31.1 Å². The molecule has 0 unspecified atom stereocenters. The molecule has 7 nitrogen and oxygen atoms in total. The zero-order valence-corrected chi connectivity index (χ0v) is 15.2. The molecule has 1 aliphatic heterocycles. The van der Waals surface area contributed by atoms with Gasteiger partial charge in [0.1, 0.15) is 11.5 Å². The Bertz CT molecular complexity index is 923. The van der Waals surface area contributed by atoms with E-state index in [4.69, 9.17) is 0 Å². The predicted molar refractivity (Wildman–Crippen MR) is 102 cm³/mol. The fourth-order valence-corrected chi connectivity index (χ4v) is 2.70. The lowest BCUT2D eigenvalue weighted by Crippen LogP contribution is -2.36. The van der Waals surface area contributed by atoms with Gasteiger partial charge in [-0.25, -0.2) is 9.40 Å². The van der Waals surface area contributed by atoms with Crippen molar-refractivity contribution in [2.75, 3.05) is 12.4 Å². The quantitative estimate of drug-likeness (QED) is 0.831. The average Bonchev–Trinajstić information content (AvgIpc) is 2.71. The van der Waals surface area contributed by atoms with Gasteiger partial charge in [-0.05, 0) is 42.0 Å². The molecule has 1 heterocycles. The van der Waals surface area contributed by atoms with Gasteiger partial charge in [0.05, 0.1) is 6.54 Å². The minimum Gasteiger partial charge on any atom is -0.355 e. The number of benzene rings is 2. The summed E-state index contributed by atoms with van der Waals surface area (Å²) >= 11 is 0. The Morgan fingerprint density at radius 1 is 1.04 bits per heavy atom. The van der Waals surface area contributed by atoms with E-state index >= 15 is 0 Å². The highest BCUT2D eigenvalue weighted by atomic mass is 19.1. The summed E-state index contributed by atoms with van der Waals surface area (Å²) in [5.74, 6) is -1.19. The van der Waals surface area contributed by atoms with Crippen molar-refractivity contribution in [3.63, 3.8) is 0 Å². The lowest BCUT2D eigenvalue weighted by Gasteiger charge is -2.23.